The van der Waals surface area contributed by atoms with E-state index in [-0.39, 0.29) is 0 Å². The van der Waals surface area contributed by atoms with Crippen LogP contribution in [0, 0.1) is 6.92 Å². The second-order valence-electron chi connectivity index (χ2n) is 4.80. The fraction of sp³-hybridized carbons (Fsp3) is 0.375. The average molecular weight is 302 g/mol. The molecule has 6 heteroatoms. The van der Waals surface area contributed by atoms with E-state index >= 15 is 0 Å². The standard InChI is InChI=1S/C16H22N4O2/c1-12-10-15(17-8-9-21-2)20-16(19-12)18-11-13-6-4-5-7-14(13)22-3/h4-7,10H,8-9,11H2,1-3H3,(H2,17,18,19,20). The summed E-state index contributed by atoms with van der Waals surface area (Å²) >= 11 is 0. The first-order valence-electron chi connectivity index (χ1n) is 7.17. The minimum atomic E-state index is 0.589. The highest BCUT2D eigenvalue weighted by molar-refractivity contribution is 5.43. The molecule has 0 aliphatic heterocycles. The Bertz CT molecular complexity index is 604. The van der Waals surface area contributed by atoms with E-state index in [9.17, 15) is 0 Å². The van der Waals surface area contributed by atoms with Gasteiger partial charge in [-0.2, -0.15) is 4.98 Å². The zero-order valence-corrected chi connectivity index (χ0v) is 13.2. The van der Waals surface area contributed by atoms with E-state index in [0.29, 0.717) is 25.6 Å². The van der Waals surface area contributed by atoms with Crippen molar-refractivity contribution in [2.75, 3.05) is 38.0 Å². The molecule has 0 radical (unpaired) electrons. The van der Waals surface area contributed by atoms with E-state index in [2.05, 4.69) is 20.6 Å². The number of ether oxygens (including phenoxy) is 2. The molecule has 22 heavy (non-hydrogen) atoms. The SMILES string of the molecule is COCCNc1cc(C)nc(NCc2ccccc2OC)n1. The summed E-state index contributed by atoms with van der Waals surface area (Å²) in [6, 6.07) is 9.78. The van der Waals surface area contributed by atoms with Crippen molar-refractivity contribution >= 4 is 11.8 Å². The molecule has 0 bridgehead atoms. The van der Waals surface area contributed by atoms with Gasteiger partial charge in [-0.15, -0.1) is 0 Å². The van der Waals surface area contributed by atoms with E-state index in [1.807, 2.05) is 37.3 Å². The molecule has 0 aliphatic carbocycles. The van der Waals surface area contributed by atoms with Gasteiger partial charge in [-0.1, -0.05) is 18.2 Å². The number of methoxy groups -OCH3 is 2. The van der Waals surface area contributed by atoms with Gasteiger partial charge in [0.15, 0.2) is 0 Å². The molecular weight excluding hydrogens is 280 g/mol. The van der Waals surface area contributed by atoms with E-state index in [1.54, 1.807) is 14.2 Å². The summed E-state index contributed by atoms with van der Waals surface area (Å²) in [5.41, 5.74) is 1.96. The maximum Gasteiger partial charge on any atom is 0.225 e. The monoisotopic (exact) mass is 302 g/mol. The van der Waals surface area contributed by atoms with Gasteiger partial charge in [0.2, 0.25) is 5.95 Å². The highest BCUT2D eigenvalue weighted by Gasteiger charge is 2.05. The molecule has 0 saturated carbocycles. The Morgan fingerprint density at radius 3 is 2.68 bits per heavy atom. The molecular formula is C16H22N4O2. The average Bonchev–Trinajstić information content (AvgIpc) is 2.53. The lowest BCUT2D eigenvalue weighted by Crippen LogP contribution is -2.11. The third-order valence-electron chi connectivity index (χ3n) is 3.10. The van der Waals surface area contributed by atoms with Gasteiger partial charge < -0.3 is 20.1 Å². The maximum absolute atomic E-state index is 5.34. The Morgan fingerprint density at radius 2 is 1.91 bits per heavy atom. The number of benzene rings is 1. The molecule has 0 amide bonds. The molecule has 1 heterocycles. The van der Waals surface area contributed by atoms with Crippen molar-refractivity contribution in [2.24, 2.45) is 0 Å². The van der Waals surface area contributed by atoms with Crippen LogP contribution in [0.1, 0.15) is 11.3 Å². The number of hydrogen-bond acceptors (Lipinski definition) is 6. The first kappa shape index (κ1) is 16.0. The first-order valence-corrected chi connectivity index (χ1v) is 7.17. The number of rotatable bonds is 8. The van der Waals surface area contributed by atoms with Crippen LogP contribution in [0.5, 0.6) is 5.75 Å². The summed E-state index contributed by atoms with van der Waals surface area (Å²) in [4.78, 5) is 8.84. The van der Waals surface area contributed by atoms with Crippen LogP contribution in [-0.4, -0.2) is 37.3 Å². The highest BCUT2D eigenvalue weighted by Crippen LogP contribution is 2.18. The van der Waals surface area contributed by atoms with Crippen molar-refractivity contribution in [3.05, 3.63) is 41.6 Å². The minimum absolute atomic E-state index is 0.589. The van der Waals surface area contributed by atoms with Crippen LogP contribution in [0.3, 0.4) is 0 Å². The Balaban J connectivity index is 2.03. The second-order valence-corrected chi connectivity index (χ2v) is 4.80. The summed E-state index contributed by atoms with van der Waals surface area (Å²) < 4.78 is 10.4. The van der Waals surface area contributed by atoms with Crippen molar-refractivity contribution < 1.29 is 9.47 Å². The van der Waals surface area contributed by atoms with Gasteiger partial charge in [-0.3, -0.25) is 0 Å². The van der Waals surface area contributed by atoms with Crippen LogP contribution in [0.15, 0.2) is 30.3 Å². The summed E-state index contributed by atoms with van der Waals surface area (Å²) in [6.07, 6.45) is 0. The lowest BCUT2D eigenvalue weighted by molar-refractivity contribution is 0.210. The van der Waals surface area contributed by atoms with Gasteiger partial charge in [0, 0.05) is 37.5 Å². The van der Waals surface area contributed by atoms with Crippen LogP contribution in [-0.2, 0) is 11.3 Å². The van der Waals surface area contributed by atoms with Crippen molar-refractivity contribution in [1.82, 2.24) is 9.97 Å². The number of nitrogens with zero attached hydrogens (tertiary/aromatic N) is 2. The quantitative estimate of drug-likeness (QED) is 0.730. The van der Waals surface area contributed by atoms with E-state index in [1.165, 1.54) is 0 Å². The zero-order valence-electron chi connectivity index (χ0n) is 13.2. The number of para-hydroxylation sites is 1. The molecule has 0 unspecified atom stereocenters. The highest BCUT2D eigenvalue weighted by atomic mass is 16.5. The van der Waals surface area contributed by atoms with Gasteiger partial charge in [0.1, 0.15) is 11.6 Å². The number of anilines is 2. The third kappa shape index (κ3) is 4.60. The van der Waals surface area contributed by atoms with Crippen molar-refractivity contribution in [3.63, 3.8) is 0 Å². The molecule has 0 aliphatic rings. The molecule has 1 aromatic carbocycles. The first-order chi connectivity index (χ1) is 10.7. The van der Waals surface area contributed by atoms with Crippen molar-refractivity contribution in [2.45, 2.75) is 13.5 Å². The van der Waals surface area contributed by atoms with Crippen LogP contribution < -0.4 is 15.4 Å². The number of aryl methyl sites for hydroxylation is 1. The largest absolute Gasteiger partial charge is 0.496 e. The Kier molecular flexibility index (Phi) is 5.97. The van der Waals surface area contributed by atoms with Crippen LogP contribution in [0.25, 0.3) is 0 Å². The second kappa shape index (κ2) is 8.19. The number of aromatic nitrogens is 2. The topological polar surface area (TPSA) is 68.3 Å². The molecule has 2 N–H and O–H groups in total. The summed E-state index contributed by atoms with van der Waals surface area (Å²) in [6.45, 7) is 3.88. The molecule has 1 aromatic heterocycles. The van der Waals surface area contributed by atoms with Gasteiger partial charge in [-0.05, 0) is 13.0 Å². The molecule has 2 rings (SSSR count). The van der Waals surface area contributed by atoms with Gasteiger partial charge in [0.25, 0.3) is 0 Å². The zero-order chi connectivity index (χ0) is 15.8. The van der Waals surface area contributed by atoms with Crippen LogP contribution in [0.2, 0.25) is 0 Å². The maximum atomic E-state index is 5.34. The fourth-order valence-corrected chi connectivity index (χ4v) is 2.04. The molecule has 2 aromatic rings. The minimum Gasteiger partial charge on any atom is -0.496 e. The predicted octanol–water partition coefficient (Wildman–Crippen LogP) is 2.46. The van der Waals surface area contributed by atoms with Crippen molar-refractivity contribution in [3.8, 4) is 5.75 Å². The van der Waals surface area contributed by atoms with Gasteiger partial charge >= 0.3 is 0 Å². The lowest BCUT2D eigenvalue weighted by atomic mass is 10.2. The molecule has 0 atom stereocenters. The summed E-state index contributed by atoms with van der Waals surface area (Å²) in [7, 11) is 3.34. The number of hydrogen-bond donors (Lipinski definition) is 2. The summed E-state index contributed by atoms with van der Waals surface area (Å²) in [5.74, 6) is 2.22. The van der Waals surface area contributed by atoms with Gasteiger partial charge in [-0.25, -0.2) is 4.98 Å². The third-order valence-corrected chi connectivity index (χ3v) is 3.10. The van der Waals surface area contributed by atoms with E-state index in [4.69, 9.17) is 9.47 Å². The predicted molar refractivity (Wildman–Crippen MR) is 87.5 cm³/mol. The van der Waals surface area contributed by atoms with E-state index in [0.717, 1.165) is 22.8 Å². The summed E-state index contributed by atoms with van der Waals surface area (Å²) in [5, 5.41) is 6.44. The number of nitrogens with one attached hydrogen (secondary N) is 2. The Morgan fingerprint density at radius 1 is 1.09 bits per heavy atom. The van der Waals surface area contributed by atoms with Crippen molar-refractivity contribution in [1.29, 1.82) is 0 Å². The fourth-order valence-electron chi connectivity index (χ4n) is 2.04. The lowest BCUT2D eigenvalue weighted by Gasteiger charge is -2.11. The smallest absolute Gasteiger partial charge is 0.225 e. The normalized spacial score (nSPS) is 10.3. The van der Waals surface area contributed by atoms with Gasteiger partial charge in [0.05, 0.1) is 13.7 Å². The molecule has 0 spiro atoms. The van der Waals surface area contributed by atoms with E-state index < -0.39 is 0 Å². The Hall–Kier alpha value is -2.34. The van der Waals surface area contributed by atoms with Crippen LogP contribution >= 0.6 is 0 Å². The molecule has 6 nitrogen and oxygen atoms in total. The Labute approximate surface area is 130 Å². The molecule has 118 valence electrons. The molecule has 0 saturated heterocycles. The van der Waals surface area contributed by atoms with Crippen LogP contribution in [0.4, 0.5) is 11.8 Å². The molecule has 0 fully saturated rings.